The normalized spacial score (nSPS) is 15.3. The third-order valence-electron chi connectivity index (χ3n) is 2.79. The SMILES string of the molecule is Cc1nc(NC(=O)NC=C2CCOCC2)sc1C. The van der Waals surface area contributed by atoms with E-state index in [2.05, 4.69) is 15.6 Å². The monoisotopic (exact) mass is 267 g/mol. The molecule has 0 aliphatic carbocycles. The molecule has 1 aliphatic rings. The van der Waals surface area contributed by atoms with Crippen molar-refractivity contribution in [2.24, 2.45) is 0 Å². The van der Waals surface area contributed by atoms with Gasteiger partial charge < -0.3 is 10.1 Å². The second kappa shape index (κ2) is 5.97. The van der Waals surface area contributed by atoms with Crippen molar-refractivity contribution in [3.8, 4) is 0 Å². The Bertz CT molecular complexity index is 440. The lowest BCUT2D eigenvalue weighted by Crippen LogP contribution is -2.25. The standard InChI is InChI=1S/C12H17N3O2S/c1-8-9(2)18-12(14-8)15-11(16)13-7-10-3-5-17-6-4-10/h7H,3-6H2,1-2H3,(H2,13,14,15,16). The molecule has 2 heterocycles. The quantitative estimate of drug-likeness (QED) is 0.865. The van der Waals surface area contributed by atoms with Gasteiger partial charge in [-0.05, 0) is 32.3 Å². The van der Waals surface area contributed by atoms with Crippen LogP contribution in [0.4, 0.5) is 9.93 Å². The number of nitrogens with one attached hydrogen (secondary N) is 2. The number of ether oxygens (including phenoxy) is 1. The molecule has 5 nitrogen and oxygen atoms in total. The number of thiazole rings is 1. The summed E-state index contributed by atoms with van der Waals surface area (Å²) in [6, 6.07) is -0.247. The summed E-state index contributed by atoms with van der Waals surface area (Å²) in [6.45, 7) is 5.39. The van der Waals surface area contributed by atoms with Crippen LogP contribution in [0.15, 0.2) is 11.8 Å². The number of amides is 2. The number of aryl methyl sites for hydroxylation is 2. The Hall–Kier alpha value is -1.40. The summed E-state index contributed by atoms with van der Waals surface area (Å²) >= 11 is 1.48. The van der Waals surface area contributed by atoms with Gasteiger partial charge in [0, 0.05) is 11.1 Å². The van der Waals surface area contributed by atoms with Crippen molar-refractivity contribution >= 4 is 22.5 Å². The lowest BCUT2D eigenvalue weighted by atomic mass is 10.1. The van der Waals surface area contributed by atoms with E-state index in [1.807, 2.05) is 13.8 Å². The Labute approximate surface area is 110 Å². The molecular weight excluding hydrogens is 250 g/mol. The van der Waals surface area contributed by atoms with E-state index >= 15 is 0 Å². The van der Waals surface area contributed by atoms with Gasteiger partial charge in [0.1, 0.15) is 0 Å². The molecule has 6 heteroatoms. The molecule has 0 radical (unpaired) electrons. The zero-order chi connectivity index (χ0) is 13.0. The molecule has 0 unspecified atom stereocenters. The van der Waals surface area contributed by atoms with Gasteiger partial charge in [-0.3, -0.25) is 5.32 Å². The molecule has 0 bridgehead atoms. The summed E-state index contributed by atoms with van der Waals surface area (Å²) in [6.07, 6.45) is 3.54. The average Bonchev–Trinajstić information content (AvgIpc) is 2.67. The van der Waals surface area contributed by atoms with E-state index in [0.717, 1.165) is 36.6 Å². The Morgan fingerprint density at radius 1 is 1.39 bits per heavy atom. The van der Waals surface area contributed by atoms with Gasteiger partial charge >= 0.3 is 6.03 Å². The maximum absolute atomic E-state index is 11.6. The number of urea groups is 1. The van der Waals surface area contributed by atoms with Crippen LogP contribution in [0, 0.1) is 13.8 Å². The van der Waals surface area contributed by atoms with E-state index in [-0.39, 0.29) is 6.03 Å². The lowest BCUT2D eigenvalue weighted by molar-refractivity contribution is 0.119. The predicted molar refractivity (Wildman–Crippen MR) is 71.9 cm³/mol. The molecule has 2 amide bonds. The van der Waals surface area contributed by atoms with Crippen LogP contribution in [0.25, 0.3) is 0 Å². The molecule has 1 aliphatic heterocycles. The molecule has 2 rings (SSSR count). The Morgan fingerprint density at radius 3 is 2.72 bits per heavy atom. The van der Waals surface area contributed by atoms with Gasteiger partial charge in [-0.25, -0.2) is 9.78 Å². The van der Waals surface area contributed by atoms with Crippen molar-refractivity contribution < 1.29 is 9.53 Å². The third kappa shape index (κ3) is 3.54. The minimum Gasteiger partial charge on any atom is -0.381 e. The van der Waals surface area contributed by atoms with Crippen LogP contribution >= 0.6 is 11.3 Å². The van der Waals surface area contributed by atoms with Crippen molar-refractivity contribution in [3.63, 3.8) is 0 Å². The van der Waals surface area contributed by atoms with Crippen LogP contribution < -0.4 is 10.6 Å². The summed E-state index contributed by atoms with van der Waals surface area (Å²) in [5.74, 6) is 0. The molecule has 18 heavy (non-hydrogen) atoms. The van der Waals surface area contributed by atoms with E-state index in [1.165, 1.54) is 16.9 Å². The van der Waals surface area contributed by atoms with Crippen molar-refractivity contribution in [2.45, 2.75) is 26.7 Å². The van der Waals surface area contributed by atoms with Crippen LogP contribution in [-0.2, 0) is 4.74 Å². The Kier molecular flexibility index (Phi) is 4.33. The first-order chi connectivity index (χ1) is 8.65. The average molecular weight is 267 g/mol. The summed E-state index contributed by atoms with van der Waals surface area (Å²) < 4.78 is 5.24. The number of carbonyl (C=O) groups is 1. The molecular formula is C12H17N3O2S. The first kappa shape index (κ1) is 13.0. The van der Waals surface area contributed by atoms with Crippen molar-refractivity contribution in [1.29, 1.82) is 0 Å². The molecule has 1 fully saturated rings. The number of nitrogens with zero attached hydrogens (tertiary/aromatic N) is 1. The lowest BCUT2D eigenvalue weighted by Gasteiger charge is -2.14. The summed E-state index contributed by atoms with van der Waals surface area (Å²) in [7, 11) is 0. The number of aromatic nitrogens is 1. The first-order valence-electron chi connectivity index (χ1n) is 5.92. The van der Waals surface area contributed by atoms with E-state index in [0.29, 0.717) is 5.13 Å². The van der Waals surface area contributed by atoms with E-state index in [4.69, 9.17) is 4.74 Å². The van der Waals surface area contributed by atoms with Crippen LogP contribution in [-0.4, -0.2) is 24.2 Å². The van der Waals surface area contributed by atoms with Crippen molar-refractivity contribution in [1.82, 2.24) is 10.3 Å². The summed E-state index contributed by atoms with van der Waals surface area (Å²) in [5.41, 5.74) is 2.17. The fraction of sp³-hybridized carbons (Fsp3) is 0.500. The summed E-state index contributed by atoms with van der Waals surface area (Å²) in [5, 5.41) is 6.09. The molecule has 98 valence electrons. The predicted octanol–water partition coefficient (Wildman–Crippen LogP) is 2.58. The largest absolute Gasteiger partial charge is 0.381 e. The molecule has 0 aromatic carbocycles. The third-order valence-corrected chi connectivity index (χ3v) is 3.78. The number of carbonyl (C=O) groups excluding carboxylic acids is 1. The second-order valence-corrected chi connectivity index (χ2v) is 5.38. The molecule has 1 aromatic heterocycles. The van der Waals surface area contributed by atoms with Gasteiger partial charge in [0.25, 0.3) is 0 Å². The molecule has 0 atom stereocenters. The first-order valence-corrected chi connectivity index (χ1v) is 6.74. The topological polar surface area (TPSA) is 63.2 Å². The van der Waals surface area contributed by atoms with E-state index in [1.54, 1.807) is 6.20 Å². The van der Waals surface area contributed by atoms with Crippen molar-refractivity contribution in [3.05, 3.63) is 22.3 Å². The number of hydrogen-bond donors (Lipinski definition) is 2. The number of hydrogen-bond acceptors (Lipinski definition) is 4. The van der Waals surface area contributed by atoms with Crippen molar-refractivity contribution in [2.75, 3.05) is 18.5 Å². The smallest absolute Gasteiger partial charge is 0.325 e. The fourth-order valence-electron chi connectivity index (χ4n) is 1.60. The van der Waals surface area contributed by atoms with Gasteiger partial charge in [-0.1, -0.05) is 0 Å². The van der Waals surface area contributed by atoms with Crippen LogP contribution in [0.2, 0.25) is 0 Å². The van der Waals surface area contributed by atoms with Gasteiger partial charge in [0.05, 0.1) is 18.9 Å². The highest BCUT2D eigenvalue weighted by molar-refractivity contribution is 7.15. The molecule has 1 aromatic rings. The Morgan fingerprint density at radius 2 is 2.11 bits per heavy atom. The van der Waals surface area contributed by atoms with Crippen LogP contribution in [0.5, 0.6) is 0 Å². The van der Waals surface area contributed by atoms with E-state index in [9.17, 15) is 4.79 Å². The molecule has 0 saturated carbocycles. The number of anilines is 1. The zero-order valence-corrected chi connectivity index (χ0v) is 11.4. The fourth-order valence-corrected chi connectivity index (χ4v) is 2.41. The zero-order valence-electron chi connectivity index (χ0n) is 10.6. The number of rotatable bonds is 2. The maximum atomic E-state index is 11.6. The minimum atomic E-state index is -0.247. The van der Waals surface area contributed by atoms with Crippen LogP contribution in [0.1, 0.15) is 23.4 Å². The van der Waals surface area contributed by atoms with Gasteiger partial charge in [0.15, 0.2) is 5.13 Å². The summed E-state index contributed by atoms with van der Waals surface area (Å²) in [4.78, 5) is 17.0. The second-order valence-electron chi connectivity index (χ2n) is 4.17. The van der Waals surface area contributed by atoms with Gasteiger partial charge in [-0.2, -0.15) is 0 Å². The highest BCUT2D eigenvalue weighted by Crippen LogP contribution is 2.20. The minimum absolute atomic E-state index is 0.247. The molecule has 1 saturated heterocycles. The van der Waals surface area contributed by atoms with Gasteiger partial charge in [0.2, 0.25) is 0 Å². The van der Waals surface area contributed by atoms with Gasteiger partial charge in [-0.15, -0.1) is 11.3 Å². The Balaban J connectivity index is 1.84. The maximum Gasteiger partial charge on any atom is 0.325 e. The van der Waals surface area contributed by atoms with E-state index < -0.39 is 0 Å². The molecule has 0 spiro atoms. The van der Waals surface area contributed by atoms with Crippen LogP contribution in [0.3, 0.4) is 0 Å². The highest BCUT2D eigenvalue weighted by atomic mass is 32.1. The molecule has 2 N–H and O–H groups in total. The highest BCUT2D eigenvalue weighted by Gasteiger charge is 2.08.